The van der Waals surface area contributed by atoms with Crippen LogP contribution in [0.1, 0.15) is 26.7 Å². The molecule has 92 valence electrons. The molecule has 1 aliphatic heterocycles. The van der Waals surface area contributed by atoms with Crippen LogP contribution in [0.25, 0.3) is 0 Å². The van der Waals surface area contributed by atoms with E-state index in [4.69, 9.17) is 5.73 Å². The molecule has 0 amide bonds. The van der Waals surface area contributed by atoms with E-state index in [0.717, 1.165) is 38.1 Å². The molecule has 2 fully saturated rings. The number of rotatable bonds is 3. The molecule has 1 saturated heterocycles. The first kappa shape index (κ1) is 11.7. The van der Waals surface area contributed by atoms with Crippen LogP contribution in [0.15, 0.2) is 4.99 Å². The summed E-state index contributed by atoms with van der Waals surface area (Å²) in [6.07, 6.45) is 2.88. The van der Waals surface area contributed by atoms with Gasteiger partial charge in [0.25, 0.3) is 0 Å². The maximum absolute atomic E-state index is 5.97. The van der Waals surface area contributed by atoms with Gasteiger partial charge in [0.15, 0.2) is 5.96 Å². The van der Waals surface area contributed by atoms with Crippen molar-refractivity contribution in [1.82, 2.24) is 9.80 Å². The van der Waals surface area contributed by atoms with Crippen molar-refractivity contribution in [3.05, 3.63) is 0 Å². The molecule has 2 rings (SSSR count). The van der Waals surface area contributed by atoms with Crippen LogP contribution in [0.2, 0.25) is 0 Å². The van der Waals surface area contributed by atoms with Crippen molar-refractivity contribution in [3.63, 3.8) is 0 Å². The molecule has 0 radical (unpaired) electrons. The predicted molar refractivity (Wildman–Crippen MR) is 67.5 cm³/mol. The molecule has 2 aliphatic rings. The zero-order valence-electron chi connectivity index (χ0n) is 10.5. The molecule has 0 atom stereocenters. The Morgan fingerprint density at radius 1 is 1.25 bits per heavy atom. The minimum Gasteiger partial charge on any atom is -0.370 e. The number of hydrogen-bond donors (Lipinski definition) is 1. The summed E-state index contributed by atoms with van der Waals surface area (Å²) in [5.74, 6) is 1.72. The lowest BCUT2D eigenvalue weighted by atomic mass is 10.3. The predicted octanol–water partition coefficient (Wildman–Crippen LogP) is 0.737. The van der Waals surface area contributed by atoms with Gasteiger partial charge < -0.3 is 10.6 Å². The Morgan fingerprint density at radius 2 is 1.88 bits per heavy atom. The average Bonchev–Trinajstić information content (AvgIpc) is 3.01. The molecule has 1 aliphatic carbocycles. The first-order chi connectivity index (χ1) is 7.65. The van der Waals surface area contributed by atoms with Gasteiger partial charge in [-0.05, 0) is 32.6 Å². The minimum absolute atomic E-state index is 0.296. The van der Waals surface area contributed by atoms with E-state index in [1.807, 2.05) is 0 Å². The van der Waals surface area contributed by atoms with Crippen molar-refractivity contribution in [3.8, 4) is 0 Å². The van der Waals surface area contributed by atoms with Gasteiger partial charge in [0, 0.05) is 38.8 Å². The summed E-state index contributed by atoms with van der Waals surface area (Å²) < 4.78 is 0. The number of aliphatic imine (C=N–C) groups is 1. The standard InChI is InChI=1S/C12H24N4/c1-10(2)14-12(13)16-7-5-15(6-8-16)9-11-3-4-11/h10-11H,3-9H2,1-2H3,(H2,13,14). The fraction of sp³-hybridized carbons (Fsp3) is 0.917. The Hall–Kier alpha value is -0.770. The third kappa shape index (κ3) is 3.37. The Balaban J connectivity index is 1.75. The Morgan fingerprint density at radius 3 is 2.38 bits per heavy atom. The van der Waals surface area contributed by atoms with Gasteiger partial charge in [0.05, 0.1) is 0 Å². The number of piperazine rings is 1. The van der Waals surface area contributed by atoms with Gasteiger partial charge in [-0.25, -0.2) is 0 Å². The van der Waals surface area contributed by atoms with Crippen molar-refractivity contribution in [2.45, 2.75) is 32.7 Å². The summed E-state index contributed by atoms with van der Waals surface area (Å²) in [7, 11) is 0. The summed E-state index contributed by atoms with van der Waals surface area (Å²) in [4.78, 5) is 9.18. The molecule has 0 spiro atoms. The zero-order chi connectivity index (χ0) is 11.5. The highest BCUT2D eigenvalue weighted by Crippen LogP contribution is 2.29. The lowest BCUT2D eigenvalue weighted by molar-refractivity contribution is 0.175. The molecule has 2 N–H and O–H groups in total. The molecule has 4 nitrogen and oxygen atoms in total. The summed E-state index contributed by atoms with van der Waals surface area (Å²) in [6, 6.07) is 0.296. The first-order valence-corrected chi connectivity index (χ1v) is 6.45. The van der Waals surface area contributed by atoms with Crippen LogP contribution >= 0.6 is 0 Å². The Bertz CT molecular complexity index is 250. The molecule has 1 heterocycles. The number of hydrogen-bond acceptors (Lipinski definition) is 2. The van der Waals surface area contributed by atoms with Crippen LogP contribution in [-0.4, -0.2) is 54.5 Å². The van der Waals surface area contributed by atoms with Gasteiger partial charge in [0.1, 0.15) is 0 Å². The number of guanidine groups is 1. The van der Waals surface area contributed by atoms with Crippen LogP contribution in [-0.2, 0) is 0 Å². The quantitative estimate of drug-likeness (QED) is 0.568. The normalized spacial score (nSPS) is 24.2. The highest BCUT2D eigenvalue weighted by Gasteiger charge is 2.26. The van der Waals surface area contributed by atoms with E-state index in [1.54, 1.807) is 0 Å². The van der Waals surface area contributed by atoms with Crippen molar-refractivity contribution < 1.29 is 0 Å². The lowest BCUT2D eigenvalue weighted by Gasteiger charge is -2.35. The number of nitrogens with zero attached hydrogens (tertiary/aromatic N) is 3. The van der Waals surface area contributed by atoms with Crippen LogP contribution in [0.3, 0.4) is 0 Å². The highest BCUT2D eigenvalue weighted by atomic mass is 15.3. The van der Waals surface area contributed by atoms with Gasteiger partial charge >= 0.3 is 0 Å². The second kappa shape index (κ2) is 5.04. The Labute approximate surface area is 98.5 Å². The maximum atomic E-state index is 5.97. The van der Waals surface area contributed by atoms with E-state index >= 15 is 0 Å². The van der Waals surface area contributed by atoms with Gasteiger partial charge in [-0.2, -0.15) is 0 Å². The largest absolute Gasteiger partial charge is 0.370 e. The first-order valence-electron chi connectivity index (χ1n) is 6.45. The molecular formula is C12H24N4. The van der Waals surface area contributed by atoms with Crippen molar-refractivity contribution >= 4 is 5.96 Å². The molecule has 0 aromatic rings. The van der Waals surface area contributed by atoms with E-state index < -0.39 is 0 Å². The van der Waals surface area contributed by atoms with Crippen molar-refractivity contribution in [2.75, 3.05) is 32.7 Å². The van der Waals surface area contributed by atoms with E-state index in [-0.39, 0.29) is 0 Å². The molecule has 0 aromatic heterocycles. The van der Waals surface area contributed by atoms with Gasteiger partial charge in [-0.15, -0.1) is 0 Å². The van der Waals surface area contributed by atoms with Crippen LogP contribution in [0.4, 0.5) is 0 Å². The fourth-order valence-electron chi connectivity index (χ4n) is 2.17. The SMILES string of the molecule is CC(C)N=C(N)N1CCN(CC2CC2)CC1. The third-order valence-corrected chi connectivity index (χ3v) is 3.30. The molecule has 4 heteroatoms. The van der Waals surface area contributed by atoms with Gasteiger partial charge in [-0.1, -0.05) is 0 Å². The van der Waals surface area contributed by atoms with Crippen LogP contribution in [0, 0.1) is 5.92 Å². The monoisotopic (exact) mass is 224 g/mol. The van der Waals surface area contributed by atoms with E-state index in [0.29, 0.717) is 6.04 Å². The molecule has 16 heavy (non-hydrogen) atoms. The van der Waals surface area contributed by atoms with Gasteiger partial charge in [-0.3, -0.25) is 9.89 Å². The third-order valence-electron chi connectivity index (χ3n) is 3.30. The fourth-order valence-corrected chi connectivity index (χ4v) is 2.17. The summed E-state index contributed by atoms with van der Waals surface area (Å²) in [6.45, 7) is 9.79. The zero-order valence-corrected chi connectivity index (χ0v) is 10.5. The highest BCUT2D eigenvalue weighted by molar-refractivity contribution is 5.78. The van der Waals surface area contributed by atoms with E-state index in [9.17, 15) is 0 Å². The minimum atomic E-state index is 0.296. The van der Waals surface area contributed by atoms with Crippen molar-refractivity contribution in [1.29, 1.82) is 0 Å². The molecule has 0 unspecified atom stereocenters. The molecule has 0 aromatic carbocycles. The topological polar surface area (TPSA) is 44.9 Å². The van der Waals surface area contributed by atoms with E-state index in [2.05, 4.69) is 28.6 Å². The maximum Gasteiger partial charge on any atom is 0.191 e. The molecule has 1 saturated carbocycles. The summed E-state index contributed by atoms with van der Waals surface area (Å²) in [5.41, 5.74) is 5.97. The molecular weight excluding hydrogens is 200 g/mol. The van der Waals surface area contributed by atoms with Crippen molar-refractivity contribution in [2.24, 2.45) is 16.6 Å². The van der Waals surface area contributed by atoms with Crippen LogP contribution in [0.5, 0.6) is 0 Å². The second-order valence-corrected chi connectivity index (χ2v) is 5.31. The second-order valence-electron chi connectivity index (χ2n) is 5.31. The van der Waals surface area contributed by atoms with Crippen LogP contribution < -0.4 is 5.73 Å². The smallest absolute Gasteiger partial charge is 0.191 e. The summed E-state index contributed by atoms with van der Waals surface area (Å²) >= 11 is 0. The summed E-state index contributed by atoms with van der Waals surface area (Å²) in [5, 5.41) is 0. The Kier molecular flexibility index (Phi) is 3.69. The molecule has 0 bridgehead atoms. The van der Waals surface area contributed by atoms with E-state index in [1.165, 1.54) is 19.4 Å². The van der Waals surface area contributed by atoms with Gasteiger partial charge in [0.2, 0.25) is 0 Å². The number of nitrogens with two attached hydrogens (primary N) is 1. The lowest BCUT2D eigenvalue weighted by Crippen LogP contribution is -2.51. The average molecular weight is 224 g/mol.